The number of hydrogen-bond acceptors (Lipinski definition) is 6. The van der Waals surface area contributed by atoms with E-state index in [9.17, 15) is 9.90 Å². The molecular weight excluding hydrogens is 264 g/mol. The van der Waals surface area contributed by atoms with E-state index in [2.05, 4.69) is 15.3 Å². The first-order valence-electron chi connectivity index (χ1n) is 5.95. The molecule has 0 spiro atoms. The van der Waals surface area contributed by atoms with Crippen molar-refractivity contribution in [3.8, 4) is 0 Å². The molecule has 0 saturated carbocycles. The van der Waals surface area contributed by atoms with Crippen molar-refractivity contribution in [3.63, 3.8) is 0 Å². The van der Waals surface area contributed by atoms with E-state index in [-0.39, 0.29) is 24.5 Å². The Labute approximate surface area is 114 Å². The minimum absolute atomic E-state index is 0.106. The Morgan fingerprint density at radius 2 is 2.16 bits per heavy atom. The number of amides is 1. The van der Waals surface area contributed by atoms with Crippen LogP contribution in [-0.4, -0.2) is 33.6 Å². The number of carbonyl (C=O) groups excluding carboxylic acids is 1. The Bertz CT molecular complexity index is 596. The molecule has 4 N–H and O–H groups in total. The van der Waals surface area contributed by atoms with Gasteiger partial charge in [0.05, 0.1) is 18.3 Å². The van der Waals surface area contributed by atoms with Crippen molar-refractivity contribution in [3.05, 3.63) is 17.3 Å². The van der Waals surface area contributed by atoms with Crippen LogP contribution in [0.1, 0.15) is 23.5 Å². The van der Waals surface area contributed by atoms with Crippen LogP contribution in [0, 0.1) is 5.92 Å². The molecule has 0 saturated heterocycles. The van der Waals surface area contributed by atoms with E-state index in [1.54, 1.807) is 6.20 Å². The van der Waals surface area contributed by atoms with Gasteiger partial charge < -0.3 is 16.2 Å². The summed E-state index contributed by atoms with van der Waals surface area (Å²) in [5.41, 5.74) is 6.80. The lowest BCUT2D eigenvalue weighted by atomic mass is 10.1. The number of rotatable bonds is 4. The molecule has 2 aromatic rings. The van der Waals surface area contributed by atoms with Gasteiger partial charge in [0, 0.05) is 12.4 Å². The molecule has 1 atom stereocenters. The van der Waals surface area contributed by atoms with Gasteiger partial charge >= 0.3 is 0 Å². The topological polar surface area (TPSA) is 101 Å². The molecule has 102 valence electrons. The highest BCUT2D eigenvalue weighted by atomic mass is 32.1. The number of anilines is 1. The summed E-state index contributed by atoms with van der Waals surface area (Å²) in [6.45, 7) is 3.75. The molecular formula is C12H16N4O2S. The second-order valence-electron chi connectivity index (χ2n) is 4.56. The average molecular weight is 280 g/mol. The molecule has 1 amide bonds. The standard InChI is InChI=1S/C12H16N4O2S/c1-6(2)7(5-17)16-11(18)10-8(13)9-12(19-10)15-4-3-14-9/h3-4,6-7,17H,5,13H2,1-2H3,(H,16,18)/t7-/m1/s1. The van der Waals surface area contributed by atoms with Gasteiger partial charge in [0.2, 0.25) is 0 Å². The normalized spacial score (nSPS) is 12.8. The van der Waals surface area contributed by atoms with E-state index in [0.717, 1.165) is 0 Å². The van der Waals surface area contributed by atoms with E-state index < -0.39 is 0 Å². The van der Waals surface area contributed by atoms with Crippen molar-refractivity contribution in [2.75, 3.05) is 12.3 Å². The predicted molar refractivity (Wildman–Crippen MR) is 75.0 cm³/mol. The summed E-state index contributed by atoms with van der Waals surface area (Å²) in [4.78, 5) is 21.4. The zero-order valence-electron chi connectivity index (χ0n) is 10.8. The zero-order chi connectivity index (χ0) is 14.0. The van der Waals surface area contributed by atoms with Crippen LogP contribution >= 0.6 is 11.3 Å². The monoisotopic (exact) mass is 280 g/mol. The number of carbonyl (C=O) groups is 1. The summed E-state index contributed by atoms with van der Waals surface area (Å²) in [6.07, 6.45) is 3.10. The maximum atomic E-state index is 12.2. The van der Waals surface area contributed by atoms with E-state index in [1.807, 2.05) is 13.8 Å². The molecule has 2 heterocycles. The molecule has 2 aromatic heterocycles. The van der Waals surface area contributed by atoms with Crippen LogP contribution in [-0.2, 0) is 0 Å². The fourth-order valence-electron chi connectivity index (χ4n) is 1.67. The maximum Gasteiger partial charge on any atom is 0.263 e. The minimum atomic E-state index is -0.296. The van der Waals surface area contributed by atoms with Crippen LogP contribution in [0.3, 0.4) is 0 Å². The summed E-state index contributed by atoms with van der Waals surface area (Å²) < 4.78 is 0. The van der Waals surface area contributed by atoms with Crippen molar-refractivity contribution in [2.45, 2.75) is 19.9 Å². The van der Waals surface area contributed by atoms with Gasteiger partial charge in [-0.3, -0.25) is 4.79 Å². The van der Waals surface area contributed by atoms with Crippen molar-refractivity contribution >= 4 is 33.3 Å². The number of nitrogens with zero attached hydrogens (tertiary/aromatic N) is 2. The SMILES string of the molecule is CC(C)[C@@H](CO)NC(=O)c1sc2nccnc2c1N. The van der Waals surface area contributed by atoms with Gasteiger partial charge in [0.25, 0.3) is 5.91 Å². The first-order valence-corrected chi connectivity index (χ1v) is 6.77. The molecule has 0 aromatic carbocycles. The third kappa shape index (κ3) is 2.66. The molecule has 0 bridgehead atoms. The Morgan fingerprint density at radius 3 is 2.74 bits per heavy atom. The number of nitrogen functional groups attached to an aromatic ring is 1. The summed E-state index contributed by atoms with van der Waals surface area (Å²) in [5.74, 6) is -0.157. The lowest BCUT2D eigenvalue weighted by molar-refractivity contribution is 0.0902. The van der Waals surface area contributed by atoms with Crippen LogP contribution in [0.5, 0.6) is 0 Å². The maximum absolute atomic E-state index is 12.2. The van der Waals surface area contributed by atoms with E-state index >= 15 is 0 Å². The van der Waals surface area contributed by atoms with Crippen molar-refractivity contribution in [2.24, 2.45) is 5.92 Å². The Morgan fingerprint density at radius 1 is 1.47 bits per heavy atom. The van der Waals surface area contributed by atoms with Crippen molar-refractivity contribution in [1.82, 2.24) is 15.3 Å². The van der Waals surface area contributed by atoms with Gasteiger partial charge in [-0.1, -0.05) is 13.8 Å². The third-order valence-corrected chi connectivity index (χ3v) is 3.99. The molecule has 0 unspecified atom stereocenters. The van der Waals surface area contributed by atoms with Gasteiger partial charge in [-0.05, 0) is 5.92 Å². The first-order chi connectivity index (χ1) is 9.04. The smallest absolute Gasteiger partial charge is 0.263 e. The quantitative estimate of drug-likeness (QED) is 0.776. The van der Waals surface area contributed by atoms with Crippen LogP contribution < -0.4 is 11.1 Å². The Kier molecular flexibility index (Phi) is 3.96. The van der Waals surface area contributed by atoms with E-state index in [1.165, 1.54) is 17.5 Å². The van der Waals surface area contributed by atoms with Crippen LogP contribution in [0.2, 0.25) is 0 Å². The van der Waals surface area contributed by atoms with Crippen molar-refractivity contribution < 1.29 is 9.90 Å². The summed E-state index contributed by atoms with van der Waals surface area (Å²) in [6, 6.07) is -0.293. The van der Waals surface area contributed by atoms with E-state index in [4.69, 9.17) is 5.73 Å². The molecule has 7 heteroatoms. The second-order valence-corrected chi connectivity index (χ2v) is 5.56. The molecule has 6 nitrogen and oxygen atoms in total. The molecule has 0 aliphatic heterocycles. The fraction of sp³-hybridized carbons (Fsp3) is 0.417. The number of aromatic nitrogens is 2. The van der Waals surface area contributed by atoms with Gasteiger partial charge in [-0.25, -0.2) is 9.97 Å². The number of nitrogens with two attached hydrogens (primary N) is 1. The molecule has 19 heavy (non-hydrogen) atoms. The summed E-state index contributed by atoms with van der Waals surface area (Å²) in [5, 5.41) is 12.0. The van der Waals surface area contributed by atoms with E-state index in [0.29, 0.717) is 20.9 Å². The number of aliphatic hydroxyl groups excluding tert-OH is 1. The Hall–Kier alpha value is -1.73. The number of nitrogens with one attached hydrogen (secondary N) is 1. The van der Waals surface area contributed by atoms with Crippen molar-refractivity contribution in [1.29, 1.82) is 0 Å². The molecule has 0 radical (unpaired) electrons. The average Bonchev–Trinajstić information content (AvgIpc) is 2.73. The van der Waals surface area contributed by atoms with Gasteiger partial charge in [0.15, 0.2) is 0 Å². The highest BCUT2D eigenvalue weighted by Gasteiger charge is 2.21. The number of thiophene rings is 1. The highest BCUT2D eigenvalue weighted by Crippen LogP contribution is 2.30. The fourth-order valence-corrected chi connectivity index (χ4v) is 2.59. The number of hydrogen-bond donors (Lipinski definition) is 3. The third-order valence-electron chi connectivity index (χ3n) is 2.89. The minimum Gasteiger partial charge on any atom is -0.396 e. The van der Waals surface area contributed by atoms with Crippen LogP contribution in [0.25, 0.3) is 10.3 Å². The van der Waals surface area contributed by atoms with Gasteiger partial charge in [-0.2, -0.15) is 0 Å². The summed E-state index contributed by atoms with van der Waals surface area (Å²) >= 11 is 1.20. The highest BCUT2D eigenvalue weighted by molar-refractivity contribution is 7.21. The lowest BCUT2D eigenvalue weighted by Gasteiger charge is -2.19. The van der Waals surface area contributed by atoms with Crippen LogP contribution in [0.4, 0.5) is 5.69 Å². The predicted octanol–water partition coefficient (Wildman–Crippen LogP) is 1.02. The molecule has 0 fully saturated rings. The molecule has 0 aliphatic rings. The molecule has 0 aliphatic carbocycles. The second kappa shape index (κ2) is 5.50. The summed E-state index contributed by atoms with van der Waals surface area (Å²) in [7, 11) is 0. The largest absolute Gasteiger partial charge is 0.396 e. The lowest BCUT2D eigenvalue weighted by Crippen LogP contribution is -2.41. The number of aliphatic hydroxyl groups is 1. The first kappa shape index (κ1) is 13.7. The number of fused-ring (bicyclic) bond motifs is 1. The van der Waals surface area contributed by atoms with Gasteiger partial charge in [0.1, 0.15) is 15.2 Å². The zero-order valence-corrected chi connectivity index (χ0v) is 11.6. The molecule has 2 rings (SSSR count). The van der Waals surface area contributed by atoms with Gasteiger partial charge in [-0.15, -0.1) is 11.3 Å². The van der Waals surface area contributed by atoms with Crippen LogP contribution in [0.15, 0.2) is 12.4 Å². The Balaban J connectivity index is 2.29.